The SMILES string of the molecule is Fc1ccc(-c2nc(-c3ccc(F)cc3)nc(-c3cccc(-n4c5ccccc5c5ccc(-c6ccc7c(c6)c6ccccc6n7-c6ccccc6)cc54)c3)n2)cc1. The van der Waals surface area contributed by atoms with Crippen molar-refractivity contribution in [3.8, 4) is 56.7 Å². The molecule has 0 saturated carbocycles. The number of benzene rings is 8. The summed E-state index contributed by atoms with van der Waals surface area (Å²) < 4.78 is 32.5. The lowest BCUT2D eigenvalue weighted by atomic mass is 10.0. The van der Waals surface area contributed by atoms with Crippen LogP contribution in [-0.2, 0) is 0 Å². The van der Waals surface area contributed by atoms with Crippen molar-refractivity contribution < 1.29 is 8.78 Å². The van der Waals surface area contributed by atoms with Crippen LogP contribution < -0.4 is 0 Å². The predicted octanol–water partition coefficient (Wildman–Crippen LogP) is 13.0. The Hall–Kier alpha value is -7.77. The van der Waals surface area contributed by atoms with E-state index in [1.165, 1.54) is 40.6 Å². The number of halogens is 2. The fourth-order valence-corrected chi connectivity index (χ4v) is 8.18. The lowest BCUT2D eigenvalue weighted by Crippen LogP contribution is -2.01. The molecule has 8 aromatic carbocycles. The summed E-state index contributed by atoms with van der Waals surface area (Å²) in [5, 5.41) is 4.69. The Morgan fingerprint density at radius 2 is 0.759 bits per heavy atom. The van der Waals surface area contributed by atoms with Gasteiger partial charge in [0, 0.05) is 49.6 Å². The summed E-state index contributed by atoms with van der Waals surface area (Å²) in [6, 6.07) is 61.3. The van der Waals surface area contributed by atoms with Crippen LogP contribution in [0, 0.1) is 11.6 Å². The van der Waals surface area contributed by atoms with Crippen LogP contribution >= 0.6 is 0 Å². The Morgan fingerprint density at radius 1 is 0.293 bits per heavy atom. The second kappa shape index (κ2) is 13.5. The van der Waals surface area contributed by atoms with E-state index < -0.39 is 0 Å². The van der Waals surface area contributed by atoms with Gasteiger partial charge in [-0.3, -0.25) is 0 Å². The number of hydrogen-bond donors (Lipinski definition) is 0. The van der Waals surface area contributed by atoms with Gasteiger partial charge in [0.15, 0.2) is 17.5 Å². The molecule has 0 aliphatic carbocycles. The third-order valence-electron chi connectivity index (χ3n) is 10.9. The summed E-state index contributed by atoms with van der Waals surface area (Å²) in [5.41, 5.74) is 10.8. The summed E-state index contributed by atoms with van der Waals surface area (Å²) in [5.74, 6) is 0.519. The summed E-state index contributed by atoms with van der Waals surface area (Å²) >= 11 is 0. The zero-order valence-electron chi connectivity index (χ0n) is 30.9. The molecule has 3 aromatic heterocycles. The average Bonchev–Trinajstić information content (AvgIpc) is 3.79. The van der Waals surface area contributed by atoms with E-state index in [0.29, 0.717) is 28.6 Å². The molecule has 0 atom stereocenters. The van der Waals surface area contributed by atoms with Crippen molar-refractivity contribution in [3.63, 3.8) is 0 Å². The number of hydrogen-bond acceptors (Lipinski definition) is 3. The molecule has 11 rings (SSSR count). The van der Waals surface area contributed by atoms with E-state index in [1.807, 2.05) is 18.2 Å². The molecule has 0 spiro atoms. The van der Waals surface area contributed by atoms with Gasteiger partial charge >= 0.3 is 0 Å². The maximum absolute atomic E-state index is 13.9. The minimum atomic E-state index is -0.352. The molecule has 0 unspecified atom stereocenters. The topological polar surface area (TPSA) is 48.5 Å². The normalized spacial score (nSPS) is 11.6. The van der Waals surface area contributed by atoms with Gasteiger partial charge in [0.1, 0.15) is 11.6 Å². The zero-order chi connectivity index (χ0) is 38.7. The molecule has 0 saturated heterocycles. The highest BCUT2D eigenvalue weighted by Crippen LogP contribution is 2.39. The number of nitrogens with zero attached hydrogens (tertiary/aromatic N) is 5. The molecule has 7 heteroatoms. The van der Waals surface area contributed by atoms with E-state index >= 15 is 0 Å². The van der Waals surface area contributed by atoms with Gasteiger partial charge in [-0.05, 0) is 114 Å². The maximum atomic E-state index is 13.9. The summed E-state index contributed by atoms with van der Waals surface area (Å²) in [4.78, 5) is 14.5. The quantitative estimate of drug-likeness (QED) is 0.170. The Kier molecular flexibility index (Phi) is 7.79. The fourth-order valence-electron chi connectivity index (χ4n) is 8.18. The van der Waals surface area contributed by atoms with Gasteiger partial charge in [-0.15, -0.1) is 0 Å². The van der Waals surface area contributed by atoms with Crippen molar-refractivity contribution in [3.05, 3.63) is 200 Å². The number of para-hydroxylation sites is 3. The van der Waals surface area contributed by atoms with Crippen molar-refractivity contribution in [1.82, 2.24) is 24.1 Å². The molecule has 0 fully saturated rings. The van der Waals surface area contributed by atoms with Gasteiger partial charge in [0.2, 0.25) is 0 Å². The van der Waals surface area contributed by atoms with Crippen molar-refractivity contribution >= 4 is 43.6 Å². The highest BCUT2D eigenvalue weighted by molar-refractivity contribution is 6.12. The third kappa shape index (κ3) is 5.63. The smallest absolute Gasteiger partial charge is 0.164 e. The van der Waals surface area contributed by atoms with Crippen molar-refractivity contribution in [2.24, 2.45) is 0 Å². The molecule has 0 aliphatic rings. The molecule has 274 valence electrons. The first-order valence-corrected chi connectivity index (χ1v) is 19.1. The first kappa shape index (κ1) is 33.6. The average molecular weight is 752 g/mol. The Bertz CT molecular complexity index is 3290. The molecule has 0 bridgehead atoms. The monoisotopic (exact) mass is 751 g/mol. The molecule has 0 amide bonds. The molecular formula is C51H31F2N5. The number of fused-ring (bicyclic) bond motifs is 6. The van der Waals surface area contributed by atoms with Crippen molar-refractivity contribution in [2.45, 2.75) is 0 Å². The second-order valence-corrected chi connectivity index (χ2v) is 14.4. The Balaban J connectivity index is 1.07. The minimum Gasteiger partial charge on any atom is -0.309 e. The molecule has 0 aliphatic heterocycles. The fraction of sp³-hybridized carbons (Fsp3) is 0. The van der Waals surface area contributed by atoms with Gasteiger partial charge in [-0.2, -0.15) is 0 Å². The zero-order valence-corrected chi connectivity index (χ0v) is 30.9. The van der Waals surface area contributed by atoms with Crippen LogP contribution in [0.1, 0.15) is 0 Å². The second-order valence-electron chi connectivity index (χ2n) is 14.4. The van der Waals surface area contributed by atoms with E-state index in [0.717, 1.165) is 55.4 Å². The highest BCUT2D eigenvalue weighted by Gasteiger charge is 2.18. The lowest BCUT2D eigenvalue weighted by Gasteiger charge is -2.12. The van der Waals surface area contributed by atoms with Crippen molar-refractivity contribution in [2.75, 3.05) is 0 Å². The van der Waals surface area contributed by atoms with E-state index in [4.69, 9.17) is 15.0 Å². The predicted molar refractivity (Wildman–Crippen MR) is 230 cm³/mol. The van der Waals surface area contributed by atoms with Crippen LogP contribution in [0.4, 0.5) is 8.78 Å². The standard InChI is InChI=1S/C51H31F2N5/c52-37-23-17-32(18-24-37)49-54-50(33-19-25-38(53)26-20-33)56-51(55-49)36-9-8-12-40(29-36)58-45-15-6-4-13-41(45)43-27-21-35(31-48(43)58)34-22-28-47-44(30-34)42-14-5-7-16-46(42)57(47)39-10-2-1-3-11-39/h1-31H. The first-order chi connectivity index (χ1) is 28.6. The van der Waals surface area contributed by atoms with Gasteiger partial charge in [-0.25, -0.2) is 23.7 Å². The lowest BCUT2D eigenvalue weighted by molar-refractivity contribution is 0.627. The van der Waals surface area contributed by atoms with Gasteiger partial charge < -0.3 is 9.13 Å². The molecule has 58 heavy (non-hydrogen) atoms. The third-order valence-corrected chi connectivity index (χ3v) is 10.9. The van der Waals surface area contributed by atoms with Crippen LogP contribution in [0.25, 0.3) is 100 Å². The van der Waals surface area contributed by atoms with Gasteiger partial charge in [-0.1, -0.05) is 84.9 Å². The first-order valence-electron chi connectivity index (χ1n) is 19.1. The number of aromatic nitrogens is 5. The van der Waals surface area contributed by atoms with Gasteiger partial charge in [0.05, 0.1) is 22.1 Å². The van der Waals surface area contributed by atoms with Crippen LogP contribution in [0.2, 0.25) is 0 Å². The van der Waals surface area contributed by atoms with Crippen LogP contribution in [0.5, 0.6) is 0 Å². The van der Waals surface area contributed by atoms with E-state index in [2.05, 4.69) is 130 Å². The molecule has 5 nitrogen and oxygen atoms in total. The van der Waals surface area contributed by atoms with Crippen LogP contribution in [-0.4, -0.2) is 24.1 Å². The van der Waals surface area contributed by atoms with E-state index in [1.54, 1.807) is 24.3 Å². The molecule has 0 radical (unpaired) electrons. The summed E-state index contributed by atoms with van der Waals surface area (Å²) in [6.07, 6.45) is 0. The van der Waals surface area contributed by atoms with E-state index in [9.17, 15) is 8.78 Å². The molecule has 11 aromatic rings. The Morgan fingerprint density at radius 3 is 1.41 bits per heavy atom. The number of rotatable bonds is 6. The molecular weight excluding hydrogens is 721 g/mol. The molecule has 3 heterocycles. The highest BCUT2D eigenvalue weighted by atomic mass is 19.1. The Labute approximate surface area is 331 Å². The molecule has 0 N–H and O–H groups in total. The summed E-state index contributed by atoms with van der Waals surface area (Å²) in [6.45, 7) is 0. The summed E-state index contributed by atoms with van der Waals surface area (Å²) in [7, 11) is 0. The van der Waals surface area contributed by atoms with Gasteiger partial charge in [0.25, 0.3) is 0 Å². The van der Waals surface area contributed by atoms with Crippen LogP contribution in [0.3, 0.4) is 0 Å². The van der Waals surface area contributed by atoms with Crippen molar-refractivity contribution in [1.29, 1.82) is 0 Å². The largest absolute Gasteiger partial charge is 0.309 e. The minimum absolute atomic E-state index is 0.352. The van der Waals surface area contributed by atoms with E-state index in [-0.39, 0.29) is 11.6 Å². The maximum Gasteiger partial charge on any atom is 0.164 e. The van der Waals surface area contributed by atoms with Crippen LogP contribution in [0.15, 0.2) is 188 Å².